The van der Waals surface area contributed by atoms with Gasteiger partial charge in [0, 0.05) is 68.6 Å². The van der Waals surface area contributed by atoms with E-state index in [1.54, 1.807) is 47.7 Å². The van der Waals surface area contributed by atoms with Crippen molar-refractivity contribution in [3.05, 3.63) is 90.4 Å². The number of hydrogen-bond acceptors (Lipinski definition) is 6. The van der Waals surface area contributed by atoms with Crippen molar-refractivity contribution in [1.82, 2.24) is 29.6 Å². The third-order valence-corrected chi connectivity index (χ3v) is 5.89. The van der Waals surface area contributed by atoms with Gasteiger partial charge in [-0.15, -0.1) is 0 Å². The normalized spacial score (nSPS) is 13.8. The summed E-state index contributed by atoms with van der Waals surface area (Å²) in [5.41, 5.74) is 3.55. The van der Waals surface area contributed by atoms with Crippen molar-refractivity contribution in [3.8, 4) is 11.3 Å². The number of carbonyl (C=O) groups excluding carboxylic acids is 1. The minimum absolute atomic E-state index is 0.0124. The number of amides is 1. The highest BCUT2D eigenvalue weighted by atomic mass is 19.1. The van der Waals surface area contributed by atoms with E-state index in [4.69, 9.17) is 5.10 Å². The van der Waals surface area contributed by atoms with Gasteiger partial charge in [0.05, 0.1) is 5.69 Å². The van der Waals surface area contributed by atoms with E-state index in [-0.39, 0.29) is 18.3 Å². The molecule has 172 valence electrons. The monoisotopic (exact) mass is 457 g/mol. The molecule has 1 aliphatic heterocycles. The summed E-state index contributed by atoms with van der Waals surface area (Å²) in [6.45, 7) is 2.70. The van der Waals surface area contributed by atoms with Gasteiger partial charge in [0.15, 0.2) is 0 Å². The van der Waals surface area contributed by atoms with Gasteiger partial charge in [0.1, 0.15) is 12.4 Å². The van der Waals surface area contributed by atoms with Crippen LogP contribution in [0.25, 0.3) is 11.3 Å². The third-order valence-electron chi connectivity index (χ3n) is 5.89. The number of rotatable bonds is 6. The Hall–Kier alpha value is -4.14. The van der Waals surface area contributed by atoms with Crippen LogP contribution in [-0.2, 0) is 17.8 Å². The molecular weight excluding hydrogens is 433 g/mol. The lowest BCUT2D eigenvalue weighted by Gasteiger charge is -2.34. The highest BCUT2D eigenvalue weighted by Gasteiger charge is 2.24. The van der Waals surface area contributed by atoms with Crippen LogP contribution < -0.4 is 4.90 Å². The summed E-state index contributed by atoms with van der Waals surface area (Å²) in [7, 11) is 0. The highest BCUT2D eigenvalue weighted by molar-refractivity contribution is 5.76. The zero-order valence-electron chi connectivity index (χ0n) is 18.6. The number of aromatic nitrogens is 5. The van der Waals surface area contributed by atoms with Gasteiger partial charge in [0.2, 0.25) is 11.9 Å². The largest absolute Gasteiger partial charge is 0.338 e. The Morgan fingerprint density at radius 2 is 1.62 bits per heavy atom. The minimum Gasteiger partial charge on any atom is -0.338 e. The minimum atomic E-state index is -0.273. The smallest absolute Gasteiger partial charge is 0.244 e. The molecule has 4 heterocycles. The maximum absolute atomic E-state index is 13.4. The van der Waals surface area contributed by atoms with E-state index in [2.05, 4.69) is 19.9 Å². The van der Waals surface area contributed by atoms with Gasteiger partial charge >= 0.3 is 0 Å². The first-order valence-electron chi connectivity index (χ1n) is 11.2. The number of pyridine rings is 1. The second kappa shape index (κ2) is 9.78. The molecule has 5 rings (SSSR count). The molecule has 3 aromatic heterocycles. The van der Waals surface area contributed by atoms with Crippen LogP contribution in [0.15, 0.2) is 73.3 Å². The number of nitrogens with zero attached hydrogens (tertiary/aromatic N) is 7. The second-order valence-corrected chi connectivity index (χ2v) is 8.13. The Kier molecular flexibility index (Phi) is 6.24. The van der Waals surface area contributed by atoms with Crippen molar-refractivity contribution in [3.63, 3.8) is 0 Å². The van der Waals surface area contributed by atoms with Crippen molar-refractivity contribution in [1.29, 1.82) is 0 Å². The van der Waals surface area contributed by atoms with E-state index in [9.17, 15) is 9.18 Å². The lowest BCUT2D eigenvalue weighted by Crippen LogP contribution is -2.50. The summed E-state index contributed by atoms with van der Waals surface area (Å²) in [4.78, 5) is 29.8. The topological polar surface area (TPSA) is 80.0 Å². The molecule has 1 aliphatic rings. The Morgan fingerprint density at radius 1 is 0.912 bits per heavy atom. The average Bonchev–Trinajstić information content (AvgIpc) is 3.28. The molecule has 4 aromatic rings. The van der Waals surface area contributed by atoms with Gasteiger partial charge in [-0.1, -0.05) is 12.1 Å². The molecule has 8 nitrogen and oxygen atoms in total. The fourth-order valence-electron chi connectivity index (χ4n) is 4.05. The predicted octanol–water partition coefficient (Wildman–Crippen LogP) is 2.81. The third kappa shape index (κ3) is 4.93. The molecule has 0 spiro atoms. The number of halogens is 1. The average molecular weight is 458 g/mol. The van der Waals surface area contributed by atoms with Crippen molar-refractivity contribution < 1.29 is 9.18 Å². The van der Waals surface area contributed by atoms with E-state index in [1.807, 2.05) is 23.1 Å². The number of piperazine rings is 1. The molecule has 1 amide bonds. The van der Waals surface area contributed by atoms with E-state index < -0.39 is 0 Å². The molecule has 0 radical (unpaired) electrons. The van der Waals surface area contributed by atoms with Gasteiger partial charge in [-0.3, -0.25) is 14.5 Å². The SMILES string of the molecule is O=C(Cn1nc(-c2ccncc2)cc1Cc1ccc(F)cc1)N1CCN(c2ncccn2)CC1. The Labute approximate surface area is 196 Å². The van der Waals surface area contributed by atoms with E-state index in [0.717, 1.165) is 22.5 Å². The molecule has 0 bridgehead atoms. The van der Waals surface area contributed by atoms with Crippen LogP contribution in [0.5, 0.6) is 0 Å². The van der Waals surface area contributed by atoms with Crippen molar-refractivity contribution in [2.24, 2.45) is 0 Å². The molecule has 34 heavy (non-hydrogen) atoms. The molecule has 1 saturated heterocycles. The van der Waals surface area contributed by atoms with Gasteiger partial charge in [-0.25, -0.2) is 14.4 Å². The van der Waals surface area contributed by atoms with Crippen LogP contribution in [-0.4, -0.2) is 61.7 Å². The fraction of sp³-hybridized carbons (Fsp3) is 0.240. The van der Waals surface area contributed by atoms with E-state index in [1.165, 1.54) is 12.1 Å². The zero-order chi connectivity index (χ0) is 23.3. The first-order chi connectivity index (χ1) is 16.7. The quantitative estimate of drug-likeness (QED) is 0.443. The maximum Gasteiger partial charge on any atom is 0.244 e. The standard InChI is InChI=1S/C25H24FN7O/c26-21-4-2-19(3-5-21)16-22-17-23(20-6-10-27-11-7-20)30-33(22)18-24(34)31-12-14-32(15-13-31)25-28-8-1-9-29-25/h1-11,17H,12-16,18H2. The summed E-state index contributed by atoms with van der Waals surface area (Å²) in [5.74, 6) is 0.425. The van der Waals surface area contributed by atoms with E-state index in [0.29, 0.717) is 38.5 Å². The number of hydrogen-bond donors (Lipinski definition) is 0. The first kappa shape index (κ1) is 21.7. The molecule has 0 atom stereocenters. The fourth-order valence-corrected chi connectivity index (χ4v) is 4.05. The van der Waals surface area contributed by atoms with Gasteiger partial charge in [0.25, 0.3) is 0 Å². The lowest BCUT2D eigenvalue weighted by atomic mass is 10.1. The summed E-state index contributed by atoms with van der Waals surface area (Å²) in [6.07, 6.45) is 7.43. The maximum atomic E-state index is 13.4. The molecule has 0 N–H and O–H groups in total. The Balaban J connectivity index is 1.32. The van der Waals surface area contributed by atoms with Crippen LogP contribution in [0, 0.1) is 5.82 Å². The Morgan fingerprint density at radius 3 is 2.32 bits per heavy atom. The summed E-state index contributed by atoms with van der Waals surface area (Å²) in [6, 6.07) is 14.0. The number of carbonyl (C=O) groups is 1. The van der Waals surface area contributed by atoms with E-state index >= 15 is 0 Å². The summed E-state index contributed by atoms with van der Waals surface area (Å²) < 4.78 is 15.1. The van der Waals surface area contributed by atoms with Crippen LogP contribution >= 0.6 is 0 Å². The van der Waals surface area contributed by atoms with Crippen molar-refractivity contribution in [2.75, 3.05) is 31.1 Å². The van der Waals surface area contributed by atoms with Crippen molar-refractivity contribution in [2.45, 2.75) is 13.0 Å². The van der Waals surface area contributed by atoms with Gasteiger partial charge < -0.3 is 9.80 Å². The molecule has 1 fully saturated rings. The first-order valence-corrected chi connectivity index (χ1v) is 11.2. The van der Waals surface area contributed by atoms with Crippen LogP contribution in [0.1, 0.15) is 11.3 Å². The summed E-state index contributed by atoms with van der Waals surface area (Å²) in [5, 5.41) is 4.73. The summed E-state index contributed by atoms with van der Waals surface area (Å²) >= 11 is 0. The van der Waals surface area contributed by atoms with Crippen LogP contribution in [0.3, 0.4) is 0 Å². The molecule has 9 heteroatoms. The van der Waals surface area contributed by atoms with Gasteiger partial charge in [-0.05, 0) is 42.0 Å². The highest BCUT2D eigenvalue weighted by Crippen LogP contribution is 2.21. The molecule has 0 aliphatic carbocycles. The molecular formula is C25H24FN7O. The second-order valence-electron chi connectivity index (χ2n) is 8.13. The number of benzene rings is 1. The van der Waals surface area contributed by atoms with Crippen LogP contribution in [0.4, 0.5) is 10.3 Å². The van der Waals surface area contributed by atoms with Crippen molar-refractivity contribution >= 4 is 11.9 Å². The zero-order valence-corrected chi connectivity index (χ0v) is 18.6. The number of anilines is 1. The molecule has 1 aromatic carbocycles. The Bertz CT molecular complexity index is 1240. The molecule has 0 unspecified atom stereocenters. The van der Waals surface area contributed by atoms with Gasteiger partial charge in [-0.2, -0.15) is 5.10 Å². The lowest BCUT2D eigenvalue weighted by molar-refractivity contribution is -0.132. The predicted molar refractivity (Wildman–Crippen MR) is 125 cm³/mol. The molecule has 0 saturated carbocycles. The van der Waals surface area contributed by atoms with Crippen LogP contribution in [0.2, 0.25) is 0 Å².